The smallest absolute Gasteiger partial charge is 0.407 e. The van der Waals surface area contributed by atoms with Crippen LogP contribution in [-0.2, 0) is 14.3 Å². The van der Waals surface area contributed by atoms with Crippen LogP contribution in [0, 0.1) is 11.8 Å². The summed E-state index contributed by atoms with van der Waals surface area (Å²) in [6, 6.07) is 14.2. The molecule has 3 N–H and O–H groups in total. The number of nitrogens with zero attached hydrogens (tertiary/aromatic N) is 1. The summed E-state index contributed by atoms with van der Waals surface area (Å²) < 4.78 is 34.0. The van der Waals surface area contributed by atoms with E-state index < -0.39 is 54.4 Å². The molecular weight excluding hydrogens is 462 g/mol. The number of aliphatic hydroxyl groups excluding tert-OH is 1. The van der Waals surface area contributed by atoms with E-state index in [1.807, 2.05) is 48.5 Å². The molecule has 1 saturated carbocycles. The van der Waals surface area contributed by atoms with Crippen LogP contribution in [0.2, 0.25) is 0 Å². The first-order valence-electron chi connectivity index (χ1n) is 11.4. The molecule has 1 heterocycles. The maximum Gasteiger partial charge on any atom is 0.407 e. The van der Waals surface area contributed by atoms with Gasteiger partial charge in [0.05, 0.1) is 12.0 Å². The van der Waals surface area contributed by atoms with Crippen LogP contribution < -0.4 is 5.32 Å². The average molecular weight is 486 g/mol. The van der Waals surface area contributed by atoms with Crippen molar-refractivity contribution in [1.82, 2.24) is 10.2 Å². The maximum atomic E-state index is 14.4. The van der Waals surface area contributed by atoms with Crippen LogP contribution in [0.5, 0.6) is 0 Å². The fourth-order valence-electron chi connectivity index (χ4n) is 5.29. The van der Waals surface area contributed by atoms with Gasteiger partial charge in [0.2, 0.25) is 5.91 Å². The molecule has 2 unspecified atom stereocenters. The Morgan fingerprint density at radius 3 is 2.26 bits per heavy atom. The molecule has 3 aliphatic rings. The summed E-state index contributed by atoms with van der Waals surface area (Å²) in [4.78, 5) is 37.0. The van der Waals surface area contributed by atoms with Crippen LogP contribution in [0.25, 0.3) is 11.1 Å². The molecule has 4 atom stereocenters. The van der Waals surface area contributed by atoms with Crippen LogP contribution in [0.15, 0.2) is 48.5 Å². The standard InChI is InChI=1S/C25H24F2N2O6/c26-25(27)19(21(25)22(31)29-11-13(30)9-20(29)23(32)33)10-28-24(34)35-12-18-16-7-3-1-5-14(16)15-6-2-4-8-17(15)18/h1-8,13,18-21,30H,9-12H2,(H,28,34)(H,32,33)/t13-,19?,20-,21?/m0/s1. The molecule has 0 aromatic heterocycles. The Morgan fingerprint density at radius 1 is 1.06 bits per heavy atom. The molecule has 2 fully saturated rings. The Kier molecular flexibility index (Phi) is 5.71. The normalized spacial score (nSPS) is 26.1. The molecule has 2 aromatic rings. The molecule has 1 saturated heterocycles. The van der Waals surface area contributed by atoms with Crippen LogP contribution in [0.4, 0.5) is 13.6 Å². The maximum absolute atomic E-state index is 14.4. The monoisotopic (exact) mass is 486 g/mol. The molecule has 2 aromatic carbocycles. The summed E-state index contributed by atoms with van der Waals surface area (Å²) in [6.45, 7) is -0.779. The topological polar surface area (TPSA) is 116 Å². The highest BCUT2D eigenvalue weighted by atomic mass is 19.3. The highest BCUT2D eigenvalue weighted by Crippen LogP contribution is 2.56. The molecule has 0 spiro atoms. The lowest BCUT2D eigenvalue weighted by molar-refractivity contribution is -0.149. The minimum Gasteiger partial charge on any atom is -0.480 e. The highest BCUT2D eigenvalue weighted by Gasteiger charge is 2.73. The lowest BCUT2D eigenvalue weighted by Crippen LogP contribution is -2.42. The van der Waals surface area contributed by atoms with E-state index in [9.17, 15) is 33.4 Å². The first-order valence-corrected chi connectivity index (χ1v) is 11.4. The number of carboxylic acids is 1. The lowest BCUT2D eigenvalue weighted by Gasteiger charge is -2.21. The van der Waals surface area contributed by atoms with Gasteiger partial charge in [-0.05, 0) is 22.3 Å². The molecule has 184 valence electrons. The van der Waals surface area contributed by atoms with Crippen molar-refractivity contribution in [3.05, 3.63) is 59.7 Å². The summed E-state index contributed by atoms with van der Waals surface area (Å²) in [7, 11) is 0. The minimum absolute atomic E-state index is 0.0231. The number of amides is 2. The minimum atomic E-state index is -3.38. The second-order valence-corrected chi connectivity index (χ2v) is 9.20. The fraction of sp³-hybridized carbons (Fsp3) is 0.400. The Balaban J connectivity index is 1.18. The molecule has 10 heteroatoms. The number of carboxylic acid groups (broad SMARTS) is 1. The molecule has 1 aliphatic heterocycles. The number of β-amino-alcohol motifs (C(OH)–C–C–N with tert-alkyl or cyclic N) is 1. The number of carbonyl (C=O) groups excluding carboxylic acids is 2. The number of benzene rings is 2. The number of likely N-dealkylation sites (tertiary alicyclic amines) is 1. The number of hydrogen-bond acceptors (Lipinski definition) is 5. The predicted octanol–water partition coefficient (Wildman–Crippen LogP) is 2.45. The van der Waals surface area contributed by atoms with Gasteiger partial charge in [-0.3, -0.25) is 4.79 Å². The Morgan fingerprint density at radius 2 is 1.66 bits per heavy atom. The largest absolute Gasteiger partial charge is 0.480 e. The van der Waals surface area contributed by atoms with Crippen LogP contribution in [0.1, 0.15) is 23.5 Å². The number of fused-ring (bicyclic) bond motifs is 3. The number of carbonyl (C=O) groups is 3. The zero-order chi connectivity index (χ0) is 24.9. The number of halogens is 2. The molecule has 0 bridgehead atoms. The van der Waals surface area contributed by atoms with Gasteiger partial charge in [0.25, 0.3) is 5.92 Å². The number of aliphatic carboxylic acids is 1. The zero-order valence-electron chi connectivity index (χ0n) is 18.6. The van der Waals surface area contributed by atoms with Crippen molar-refractivity contribution in [2.24, 2.45) is 11.8 Å². The first kappa shape index (κ1) is 23.2. The van der Waals surface area contributed by atoms with Crippen molar-refractivity contribution < 1.29 is 38.1 Å². The summed E-state index contributed by atoms with van der Waals surface area (Å²) in [6.07, 6.45) is -2.16. The second-order valence-electron chi connectivity index (χ2n) is 9.20. The van der Waals surface area contributed by atoms with Crippen LogP contribution in [-0.4, -0.2) is 70.8 Å². The molecule has 35 heavy (non-hydrogen) atoms. The molecule has 2 amide bonds. The average Bonchev–Trinajstić information content (AvgIpc) is 3.11. The van der Waals surface area contributed by atoms with Crippen molar-refractivity contribution in [3.63, 3.8) is 0 Å². The van der Waals surface area contributed by atoms with E-state index in [0.717, 1.165) is 27.2 Å². The summed E-state index contributed by atoms with van der Waals surface area (Å²) in [5.74, 6) is -9.17. The summed E-state index contributed by atoms with van der Waals surface area (Å²) in [5.41, 5.74) is 4.15. The van der Waals surface area contributed by atoms with E-state index in [-0.39, 0.29) is 25.5 Å². The second kappa shape index (κ2) is 8.60. The number of hydrogen-bond donors (Lipinski definition) is 3. The van der Waals surface area contributed by atoms with Crippen molar-refractivity contribution in [1.29, 1.82) is 0 Å². The number of alkyl carbamates (subject to hydrolysis) is 1. The van der Waals surface area contributed by atoms with Crippen LogP contribution in [0.3, 0.4) is 0 Å². The quantitative estimate of drug-likeness (QED) is 0.578. The van der Waals surface area contributed by atoms with Gasteiger partial charge in [0.1, 0.15) is 18.6 Å². The summed E-state index contributed by atoms with van der Waals surface area (Å²) >= 11 is 0. The number of aliphatic hydroxyl groups is 1. The third-order valence-corrected chi connectivity index (χ3v) is 7.13. The van der Waals surface area contributed by atoms with Gasteiger partial charge >= 0.3 is 12.1 Å². The lowest BCUT2D eigenvalue weighted by atomic mass is 9.98. The van der Waals surface area contributed by atoms with Gasteiger partial charge in [-0.15, -0.1) is 0 Å². The highest BCUT2D eigenvalue weighted by molar-refractivity contribution is 5.89. The zero-order valence-corrected chi connectivity index (χ0v) is 18.6. The number of ether oxygens (including phenoxy) is 1. The van der Waals surface area contributed by atoms with Gasteiger partial charge in [0, 0.05) is 25.4 Å². The number of alkyl halides is 2. The van der Waals surface area contributed by atoms with Crippen molar-refractivity contribution in [2.45, 2.75) is 30.4 Å². The third kappa shape index (κ3) is 4.01. The molecule has 0 radical (unpaired) electrons. The van der Waals surface area contributed by atoms with Crippen LogP contribution >= 0.6 is 0 Å². The SMILES string of the molecule is O=C(NCC1C(C(=O)N2C[C@@H](O)C[C@H]2C(=O)O)C1(F)F)OCC1c2ccccc2-c2ccccc21. The van der Waals surface area contributed by atoms with E-state index in [0.29, 0.717) is 0 Å². The third-order valence-electron chi connectivity index (χ3n) is 7.13. The van der Waals surface area contributed by atoms with E-state index in [2.05, 4.69) is 5.32 Å². The molecule has 2 aliphatic carbocycles. The fourth-order valence-corrected chi connectivity index (χ4v) is 5.29. The molecule has 8 nitrogen and oxygen atoms in total. The Bertz CT molecular complexity index is 1140. The van der Waals surface area contributed by atoms with E-state index >= 15 is 0 Å². The van der Waals surface area contributed by atoms with Crippen molar-refractivity contribution in [2.75, 3.05) is 19.7 Å². The van der Waals surface area contributed by atoms with Gasteiger partial charge in [-0.25, -0.2) is 18.4 Å². The number of rotatable bonds is 6. The first-order chi connectivity index (χ1) is 16.7. The number of nitrogens with one attached hydrogen (secondary N) is 1. The van der Waals surface area contributed by atoms with Gasteiger partial charge in [-0.2, -0.15) is 0 Å². The molecule has 5 rings (SSSR count). The van der Waals surface area contributed by atoms with E-state index in [1.165, 1.54) is 0 Å². The van der Waals surface area contributed by atoms with E-state index in [1.54, 1.807) is 0 Å². The predicted molar refractivity (Wildman–Crippen MR) is 119 cm³/mol. The summed E-state index contributed by atoms with van der Waals surface area (Å²) in [5, 5.41) is 21.2. The van der Waals surface area contributed by atoms with Crippen molar-refractivity contribution >= 4 is 18.0 Å². The van der Waals surface area contributed by atoms with Crippen molar-refractivity contribution in [3.8, 4) is 11.1 Å². The van der Waals surface area contributed by atoms with Gasteiger partial charge in [-0.1, -0.05) is 48.5 Å². The van der Waals surface area contributed by atoms with E-state index in [4.69, 9.17) is 4.74 Å². The Labute approximate surface area is 199 Å². The van der Waals surface area contributed by atoms with Gasteiger partial charge < -0.3 is 25.2 Å². The Hall–Kier alpha value is -3.53. The molecular formula is C25H24F2N2O6. The van der Waals surface area contributed by atoms with Gasteiger partial charge in [0.15, 0.2) is 0 Å².